The van der Waals surface area contributed by atoms with Gasteiger partial charge in [-0.1, -0.05) is 6.07 Å². The molecule has 8 heteroatoms. The molecule has 4 aromatic rings. The Bertz CT molecular complexity index is 1280. The first-order chi connectivity index (χ1) is 14.8. The predicted octanol–water partition coefficient (Wildman–Crippen LogP) is 4.57. The maximum atomic E-state index is 10.5. The molecule has 2 heterocycles. The first-order valence-corrected chi connectivity index (χ1v) is 9.53. The number of benzene rings is 2. The number of hydrogen-bond donors (Lipinski definition) is 1. The van der Waals surface area contributed by atoms with Gasteiger partial charge in [0.25, 0.3) is 0 Å². The number of anilines is 2. The molecule has 2 aromatic carbocycles. The second-order valence-electron chi connectivity index (χ2n) is 6.97. The Balaban J connectivity index is 1.57. The van der Waals surface area contributed by atoms with E-state index >= 15 is 0 Å². The maximum absolute atomic E-state index is 10.5. The van der Waals surface area contributed by atoms with Crippen molar-refractivity contribution < 1.29 is 4.74 Å². The van der Waals surface area contributed by atoms with Crippen LogP contribution in [-0.2, 0) is 6.42 Å². The predicted molar refractivity (Wildman–Crippen MR) is 115 cm³/mol. The van der Waals surface area contributed by atoms with E-state index in [1.807, 2.05) is 47.0 Å². The van der Waals surface area contributed by atoms with Crippen molar-refractivity contribution in [2.75, 3.05) is 12.4 Å². The fraction of sp³-hybridized carbons (Fsp3) is 0.136. The van der Waals surface area contributed by atoms with Crippen molar-refractivity contribution in [1.29, 1.82) is 0 Å². The largest absolute Gasteiger partial charge is 0.497 e. The Hall–Kier alpha value is -4.07. The molecule has 5 rings (SSSR count). The number of hydrogen-bond acceptors (Lipinski definition) is 6. The number of methoxy groups -OCH3 is 1. The highest BCUT2D eigenvalue weighted by Gasteiger charge is 2.20. The van der Waals surface area contributed by atoms with Gasteiger partial charge >= 0.3 is 0 Å². The van der Waals surface area contributed by atoms with Gasteiger partial charge in [0, 0.05) is 29.2 Å². The SMILES string of the molecule is COc1ccc(-c2nc3cnccn3c2Nc2ccc3c(c2)CC/C3=N\N=O)cc1. The summed E-state index contributed by atoms with van der Waals surface area (Å²) in [7, 11) is 1.65. The number of nitrogens with zero attached hydrogens (tertiary/aromatic N) is 5. The molecule has 1 aliphatic carbocycles. The molecule has 0 unspecified atom stereocenters. The number of ether oxygens (including phenoxy) is 1. The molecule has 0 atom stereocenters. The molecule has 0 radical (unpaired) electrons. The Morgan fingerprint density at radius 3 is 2.80 bits per heavy atom. The minimum Gasteiger partial charge on any atom is -0.497 e. The molecule has 1 aliphatic rings. The third-order valence-corrected chi connectivity index (χ3v) is 5.27. The number of imidazole rings is 1. The molecule has 148 valence electrons. The van der Waals surface area contributed by atoms with Crippen molar-refractivity contribution in [3.63, 3.8) is 0 Å². The van der Waals surface area contributed by atoms with Gasteiger partial charge in [-0.2, -0.15) is 0 Å². The zero-order valence-electron chi connectivity index (χ0n) is 16.2. The van der Waals surface area contributed by atoms with Crippen molar-refractivity contribution in [3.8, 4) is 17.0 Å². The highest BCUT2D eigenvalue weighted by atomic mass is 16.5. The second kappa shape index (κ2) is 7.40. The molecular formula is C22H18N6O2. The first kappa shape index (κ1) is 18.0. The molecule has 0 spiro atoms. The van der Waals surface area contributed by atoms with E-state index in [2.05, 4.69) is 26.8 Å². The first-order valence-electron chi connectivity index (χ1n) is 9.53. The van der Waals surface area contributed by atoms with E-state index < -0.39 is 0 Å². The number of rotatable bonds is 5. The fourth-order valence-corrected chi connectivity index (χ4v) is 3.81. The highest BCUT2D eigenvalue weighted by molar-refractivity contribution is 6.04. The molecule has 2 aromatic heterocycles. The number of nitrogens with one attached hydrogen (secondary N) is 1. The summed E-state index contributed by atoms with van der Waals surface area (Å²) in [5.41, 5.74) is 6.34. The van der Waals surface area contributed by atoms with Crippen molar-refractivity contribution in [3.05, 3.63) is 77.1 Å². The van der Waals surface area contributed by atoms with Crippen molar-refractivity contribution in [2.45, 2.75) is 12.8 Å². The summed E-state index contributed by atoms with van der Waals surface area (Å²) < 4.78 is 7.25. The quantitative estimate of drug-likeness (QED) is 0.393. The van der Waals surface area contributed by atoms with E-state index in [-0.39, 0.29) is 0 Å². The van der Waals surface area contributed by atoms with Crippen LogP contribution in [0.4, 0.5) is 11.5 Å². The van der Waals surface area contributed by atoms with Gasteiger partial charge in [0.2, 0.25) is 0 Å². The van der Waals surface area contributed by atoms with Crippen LogP contribution in [0.2, 0.25) is 0 Å². The van der Waals surface area contributed by atoms with Crippen LogP contribution in [-0.4, -0.2) is 27.2 Å². The molecule has 0 fully saturated rings. The zero-order chi connectivity index (χ0) is 20.5. The minimum absolute atomic E-state index is 0.725. The van der Waals surface area contributed by atoms with Gasteiger partial charge in [-0.15, -0.1) is 10.0 Å². The summed E-state index contributed by atoms with van der Waals surface area (Å²) >= 11 is 0. The van der Waals surface area contributed by atoms with E-state index in [0.717, 1.165) is 63.8 Å². The molecule has 0 saturated carbocycles. The van der Waals surface area contributed by atoms with Crippen molar-refractivity contribution >= 4 is 22.9 Å². The summed E-state index contributed by atoms with van der Waals surface area (Å²) in [6.07, 6.45) is 6.90. The zero-order valence-corrected chi connectivity index (χ0v) is 16.2. The molecule has 0 saturated heterocycles. The lowest BCUT2D eigenvalue weighted by molar-refractivity contribution is 0.415. The lowest BCUT2D eigenvalue weighted by atomic mass is 10.1. The van der Waals surface area contributed by atoms with Crippen LogP contribution in [0.15, 0.2) is 71.4 Å². The average Bonchev–Trinajstić information content (AvgIpc) is 3.36. The number of aromatic nitrogens is 3. The second-order valence-corrected chi connectivity index (χ2v) is 6.97. The average molecular weight is 398 g/mol. The number of aryl methyl sites for hydroxylation is 1. The maximum Gasteiger partial charge on any atom is 0.157 e. The number of fused-ring (bicyclic) bond motifs is 2. The summed E-state index contributed by atoms with van der Waals surface area (Å²) in [5, 5.41) is 9.92. The minimum atomic E-state index is 0.725. The van der Waals surface area contributed by atoms with Gasteiger partial charge < -0.3 is 10.1 Å². The normalized spacial score (nSPS) is 14.1. The monoisotopic (exact) mass is 398 g/mol. The smallest absolute Gasteiger partial charge is 0.157 e. The van der Waals surface area contributed by atoms with Crippen LogP contribution in [0.1, 0.15) is 17.5 Å². The van der Waals surface area contributed by atoms with Crippen molar-refractivity contribution in [1.82, 2.24) is 14.4 Å². The van der Waals surface area contributed by atoms with Gasteiger partial charge in [0.1, 0.15) is 17.3 Å². The lowest BCUT2D eigenvalue weighted by Crippen LogP contribution is -1.99. The molecule has 30 heavy (non-hydrogen) atoms. The van der Waals surface area contributed by atoms with Crippen LogP contribution in [0.3, 0.4) is 0 Å². The molecule has 8 nitrogen and oxygen atoms in total. The Kier molecular flexibility index (Phi) is 4.44. The molecular weight excluding hydrogens is 380 g/mol. The van der Waals surface area contributed by atoms with Gasteiger partial charge in [0.05, 0.1) is 24.3 Å². The van der Waals surface area contributed by atoms with Gasteiger partial charge in [-0.25, -0.2) is 4.98 Å². The lowest BCUT2D eigenvalue weighted by Gasteiger charge is -2.11. The third-order valence-electron chi connectivity index (χ3n) is 5.27. The number of nitroso groups, excluding NO2 is 1. The van der Waals surface area contributed by atoms with Crippen LogP contribution in [0.5, 0.6) is 5.75 Å². The summed E-state index contributed by atoms with van der Waals surface area (Å²) in [4.78, 5) is 19.5. The van der Waals surface area contributed by atoms with E-state index in [1.54, 1.807) is 19.5 Å². The van der Waals surface area contributed by atoms with Crippen LogP contribution in [0, 0.1) is 4.91 Å². The standard InChI is InChI=1S/C22H18N6O2/c1-30-17-6-2-14(3-7-17)21-22(28-11-10-23-13-20(28)25-21)24-16-5-8-18-15(12-16)4-9-19(18)26-27-29/h2-3,5-8,10-13,24H,4,9H2,1H3/b26-19+. The molecule has 0 amide bonds. The van der Waals surface area contributed by atoms with Gasteiger partial charge in [-0.05, 0) is 54.8 Å². The summed E-state index contributed by atoms with van der Waals surface area (Å²) in [6.45, 7) is 0. The van der Waals surface area contributed by atoms with Crippen LogP contribution >= 0.6 is 0 Å². The summed E-state index contributed by atoms with van der Waals surface area (Å²) in [5.74, 6) is 1.64. The Labute approximate surface area is 172 Å². The van der Waals surface area contributed by atoms with Gasteiger partial charge in [0.15, 0.2) is 5.65 Å². The van der Waals surface area contributed by atoms with E-state index in [1.165, 1.54) is 0 Å². The molecule has 1 N–H and O–H groups in total. The Morgan fingerprint density at radius 2 is 2.00 bits per heavy atom. The van der Waals surface area contributed by atoms with Crippen molar-refractivity contribution in [2.24, 2.45) is 10.4 Å². The highest BCUT2D eigenvalue weighted by Crippen LogP contribution is 2.33. The topological polar surface area (TPSA) is 93.2 Å². The third kappa shape index (κ3) is 3.08. The molecule has 0 bridgehead atoms. The summed E-state index contributed by atoms with van der Waals surface area (Å²) in [6, 6.07) is 13.8. The fourth-order valence-electron chi connectivity index (χ4n) is 3.81. The van der Waals surface area contributed by atoms with Crippen LogP contribution < -0.4 is 10.1 Å². The van der Waals surface area contributed by atoms with E-state index in [0.29, 0.717) is 0 Å². The molecule has 0 aliphatic heterocycles. The van der Waals surface area contributed by atoms with E-state index in [4.69, 9.17) is 9.72 Å². The van der Waals surface area contributed by atoms with Gasteiger partial charge in [-0.3, -0.25) is 9.38 Å². The van der Waals surface area contributed by atoms with Crippen LogP contribution in [0.25, 0.3) is 16.9 Å². The van der Waals surface area contributed by atoms with E-state index in [9.17, 15) is 4.91 Å². The Morgan fingerprint density at radius 1 is 1.13 bits per heavy atom.